The highest BCUT2D eigenvalue weighted by Crippen LogP contribution is 2.29. The zero-order valence-corrected chi connectivity index (χ0v) is 19.2. The molecule has 1 N–H and O–H groups in total. The Morgan fingerprint density at radius 2 is 2.06 bits per heavy atom. The van der Waals surface area contributed by atoms with Gasteiger partial charge in [0, 0.05) is 50.9 Å². The molecule has 0 amide bonds. The van der Waals surface area contributed by atoms with Gasteiger partial charge in [0.2, 0.25) is 0 Å². The Labute approximate surface area is 188 Å². The minimum absolute atomic E-state index is 0.0242. The van der Waals surface area contributed by atoms with Crippen LogP contribution in [0.25, 0.3) is 22.4 Å². The number of pyridine rings is 1. The smallest absolute Gasteiger partial charge is 0.311 e. The highest BCUT2D eigenvalue weighted by molar-refractivity contribution is 5.78. The Balaban J connectivity index is 1.53. The second-order valence-corrected chi connectivity index (χ2v) is 10.4. The first-order valence-corrected chi connectivity index (χ1v) is 11.3. The molecule has 1 aromatic carbocycles. The molecule has 3 aromatic rings. The van der Waals surface area contributed by atoms with E-state index in [1.807, 2.05) is 18.2 Å². The van der Waals surface area contributed by atoms with E-state index >= 15 is 0 Å². The molecule has 0 spiro atoms. The van der Waals surface area contributed by atoms with Crippen LogP contribution in [0.5, 0.6) is 0 Å². The van der Waals surface area contributed by atoms with E-state index in [2.05, 4.69) is 49.2 Å². The van der Waals surface area contributed by atoms with Crippen molar-refractivity contribution in [1.29, 1.82) is 5.26 Å². The van der Waals surface area contributed by atoms with E-state index in [1.165, 1.54) is 12.0 Å². The molecule has 4 heterocycles. The van der Waals surface area contributed by atoms with Gasteiger partial charge in [-0.25, -0.2) is 9.78 Å². The van der Waals surface area contributed by atoms with E-state index in [9.17, 15) is 10.1 Å². The quantitative estimate of drug-likeness (QED) is 0.689. The summed E-state index contributed by atoms with van der Waals surface area (Å²) >= 11 is 0. The number of benzene rings is 1. The zero-order valence-electron chi connectivity index (χ0n) is 19.2. The first-order chi connectivity index (χ1) is 15.2. The maximum Gasteiger partial charge on any atom is 0.330 e. The highest BCUT2D eigenvalue weighted by atomic mass is 16.1. The average molecular weight is 431 g/mol. The number of hydrogen-bond acceptors (Lipinski definition) is 5. The van der Waals surface area contributed by atoms with Crippen LogP contribution in [0.4, 0.5) is 0 Å². The summed E-state index contributed by atoms with van der Waals surface area (Å²) in [6.45, 7) is 9.99. The number of aromatic nitrogens is 3. The molecular formula is C25H30N6O. The zero-order chi connectivity index (χ0) is 22.6. The molecule has 2 atom stereocenters. The van der Waals surface area contributed by atoms with Gasteiger partial charge in [-0.1, -0.05) is 26.8 Å². The van der Waals surface area contributed by atoms with Crippen molar-refractivity contribution in [2.24, 2.45) is 12.5 Å². The molecule has 2 fully saturated rings. The molecular weight excluding hydrogens is 400 g/mol. The van der Waals surface area contributed by atoms with Crippen LogP contribution in [-0.4, -0.2) is 44.2 Å². The van der Waals surface area contributed by atoms with E-state index in [4.69, 9.17) is 4.98 Å². The Morgan fingerprint density at radius 3 is 2.72 bits per heavy atom. The highest BCUT2D eigenvalue weighted by Gasteiger charge is 2.37. The van der Waals surface area contributed by atoms with Crippen LogP contribution >= 0.6 is 0 Å². The molecule has 2 aliphatic heterocycles. The SMILES string of the molecule is Cn1c(=O)n(CC(C)(C)C)c2ccc(-c3cc(CN4C[C@H]5C[C@@H]4CN5)ccc3C#N)nc21. The normalized spacial score (nSPS) is 20.8. The van der Waals surface area contributed by atoms with Crippen molar-refractivity contribution >= 4 is 11.2 Å². The molecule has 2 saturated heterocycles. The van der Waals surface area contributed by atoms with Gasteiger partial charge in [-0.15, -0.1) is 0 Å². The summed E-state index contributed by atoms with van der Waals surface area (Å²) in [4.78, 5) is 20.2. The van der Waals surface area contributed by atoms with Crippen LogP contribution in [0.2, 0.25) is 0 Å². The molecule has 2 bridgehead atoms. The lowest BCUT2D eigenvalue weighted by Crippen LogP contribution is -2.42. The third-order valence-electron chi connectivity index (χ3n) is 6.65. The van der Waals surface area contributed by atoms with Crippen LogP contribution in [-0.2, 0) is 20.1 Å². The minimum atomic E-state index is -0.0634. The number of nitrogens with one attached hydrogen (secondary N) is 1. The van der Waals surface area contributed by atoms with Gasteiger partial charge >= 0.3 is 5.69 Å². The standard InChI is InChI=1S/C25H30N6O/c1-25(2,3)15-31-22-8-7-21(28-23(22)29(4)24(31)32)20-9-16(5-6-17(20)11-26)13-30-14-18-10-19(30)12-27-18/h5-9,18-19,27H,10,12-15H2,1-4H3/t18-,19-/m1/s1. The van der Waals surface area contributed by atoms with E-state index in [1.54, 1.807) is 16.2 Å². The number of likely N-dealkylation sites (tertiary alicyclic amines) is 1. The Bertz CT molecular complexity index is 1290. The summed E-state index contributed by atoms with van der Waals surface area (Å²) in [5, 5.41) is 13.3. The van der Waals surface area contributed by atoms with E-state index in [0.29, 0.717) is 29.8 Å². The number of fused-ring (bicyclic) bond motifs is 3. The van der Waals surface area contributed by atoms with Gasteiger partial charge in [-0.2, -0.15) is 5.26 Å². The van der Waals surface area contributed by atoms with E-state index < -0.39 is 0 Å². The van der Waals surface area contributed by atoms with Gasteiger partial charge < -0.3 is 5.32 Å². The monoisotopic (exact) mass is 430 g/mol. The van der Waals surface area contributed by atoms with Crippen LogP contribution in [0.15, 0.2) is 35.1 Å². The first-order valence-electron chi connectivity index (χ1n) is 11.3. The molecule has 0 aliphatic carbocycles. The number of aryl methyl sites for hydroxylation is 1. The lowest BCUT2D eigenvalue weighted by molar-refractivity contribution is 0.218. The molecule has 166 valence electrons. The van der Waals surface area contributed by atoms with Gasteiger partial charge in [0.1, 0.15) is 0 Å². The lowest BCUT2D eigenvalue weighted by Gasteiger charge is -2.27. The topological polar surface area (TPSA) is 78.9 Å². The van der Waals surface area contributed by atoms with Gasteiger partial charge in [0.15, 0.2) is 5.65 Å². The molecule has 7 heteroatoms. The van der Waals surface area contributed by atoms with Gasteiger partial charge in [0.05, 0.1) is 22.8 Å². The van der Waals surface area contributed by atoms with E-state index in [-0.39, 0.29) is 11.1 Å². The van der Waals surface area contributed by atoms with E-state index in [0.717, 1.165) is 36.4 Å². The fourth-order valence-corrected chi connectivity index (χ4v) is 5.12. The average Bonchev–Trinajstić information content (AvgIpc) is 3.44. The number of nitrogens with zero attached hydrogens (tertiary/aromatic N) is 5. The third kappa shape index (κ3) is 3.64. The summed E-state index contributed by atoms with van der Waals surface area (Å²) < 4.78 is 3.40. The Hall–Kier alpha value is -2.95. The van der Waals surface area contributed by atoms with Crippen molar-refractivity contribution in [1.82, 2.24) is 24.3 Å². The van der Waals surface area contributed by atoms with Gasteiger partial charge in [0.25, 0.3) is 0 Å². The number of nitriles is 1. The van der Waals surface area contributed by atoms with Crippen LogP contribution in [0.1, 0.15) is 38.3 Å². The van der Waals surface area contributed by atoms with Crippen LogP contribution in [0, 0.1) is 16.7 Å². The first kappa shape index (κ1) is 20.9. The van der Waals surface area contributed by atoms with Crippen molar-refractivity contribution < 1.29 is 0 Å². The van der Waals surface area contributed by atoms with Gasteiger partial charge in [-0.05, 0) is 41.7 Å². The predicted molar refractivity (Wildman–Crippen MR) is 125 cm³/mol. The summed E-state index contributed by atoms with van der Waals surface area (Å²) in [5.74, 6) is 0. The number of hydrogen-bond donors (Lipinski definition) is 1. The maximum absolute atomic E-state index is 12.9. The summed E-state index contributed by atoms with van der Waals surface area (Å²) in [5.41, 5.74) is 4.72. The van der Waals surface area contributed by atoms with Crippen molar-refractivity contribution in [3.05, 3.63) is 51.9 Å². The van der Waals surface area contributed by atoms with Crippen molar-refractivity contribution in [2.45, 2.75) is 52.4 Å². The molecule has 0 unspecified atom stereocenters. The van der Waals surface area contributed by atoms with Gasteiger partial charge in [-0.3, -0.25) is 14.0 Å². The van der Waals surface area contributed by atoms with Crippen molar-refractivity contribution in [3.8, 4) is 17.3 Å². The number of imidazole rings is 1. The molecule has 2 aromatic heterocycles. The summed E-state index contributed by atoms with van der Waals surface area (Å²) in [7, 11) is 1.76. The molecule has 0 radical (unpaired) electrons. The molecule has 5 rings (SSSR count). The molecule has 7 nitrogen and oxygen atoms in total. The van der Waals surface area contributed by atoms with Crippen molar-refractivity contribution in [3.63, 3.8) is 0 Å². The second kappa shape index (κ2) is 7.58. The lowest BCUT2D eigenvalue weighted by atomic mass is 9.97. The molecule has 32 heavy (non-hydrogen) atoms. The fourth-order valence-electron chi connectivity index (χ4n) is 5.12. The maximum atomic E-state index is 12.9. The molecule has 2 aliphatic rings. The molecule has 0 saturated carbocycles. The fraction of sp³-hybridized carbons (Fsp3) is 0.480. The third-order valence-corrected chi connectivity index (χ3v) is 6.65. The van der Waals surface area contributed by atoms with Crippen LogP contribution in [0.3, 0.4) is 0 Å². The second-order valence-electron chi connectivity index (χ2n) is 10.4. The summed E-state index contributed by atoms with van der Waals surface area (Å²) in [6.07, 6.45) is 1.22. The Morgan fingerprint density at radius 1 is 1.25 bits per heavy atom. The summed E-state index contributed by atoms with van der Waals surface area (Å²) in [6, 6.07) is 13.5. The number of piperazine rings is 1. The predicted octanol–water partition coefficient (Wildman–Crippen LogP) is 2.87. The number of rotatable bonds is 4. The van der Waals surface area contributed by atoms with Crippen LogP contribution < -0.4 is 11.0 Å². The van der Waals surface area contributed by atoms with Crippen molar-refractivity contribution in [2.75, 3.05) is 13.1 Å². The minimum Gasteiger partial charge on any atom is -0.311 e. The largest absolute Gasteiger partial charge is 0.330 e. The Kier molecular flexibility index (Phi) is 4.95.